The van der Waals surface area contributed by atoms with Gasteiger partial charge in [0.15, 0.2) is 0 Å². The van der Waals surface area contributed by atoms with Crippen molar-refractivity contribution >= 4 is 12.8 Å². The SMILES string of the molecule is Cc1ccn(-c2coc(B(O)OC(C)(C)C(C)(C)O)c2)n1. The molecule has 0 atom stereocenters. The highest BCUT2D eigenvalue weighted by atomic mass is 16.6. The van der Waals surface area contributed by atoms with Crippen LogP contribution in [-0.2, 0) is 4.65 Å². The third kappa shape index (κ3) is 3.37. The summed E-state index contributed by atoms with van der Waals surface area (Å²) in [5.41, 5.74) is -0.209. The van der Waals surface area contributed by atoms with E-state index in [9.17, 15) is 10.1 Å². The van der Waals surface area contributed by atoms with Crippen molar-refractivity contribution in [3.8, 4) is 5.69 Å². The van der Waals surface area contributed by atoms with Gasteiger partial charge in [-0.3, -0.25) is 0 Å². The molecule has 21 heavy (non-hydrogen) atoms. The quantitative estimate of drug-likeness (QED) is 0.804. The van der Waals surface area contributed by atoms with Crippen molar-refractivity contribution in [2.45, 2.75) is 45.8 Å². The summed E-state index contributed by atoms with van der Waals surface area (Å²) in [5.74, 6) is 0. The molecule has 0 saturated heterocycles. The van der Waals surface area contributed by atoms with Crippen LogP contribution in [0.2, 0.25) is 0 Å². The number of aliphatic hydroxyl groups is 1. The van der Waals surface area contributed by atoms with Gasteiger partial charge in [-0.15, -0.1) is 0 Å². The average Bonchev–Trinajstić information content (AvgIpc) is 2.94. The van der Waals surface area contributed by atoms with E-state index in [1.807, 2.05) is 13.0 Å². The van der Waals surface area contributed by atoms with Crippen LogP contribution in [0.1, 0.15) is 33.4 Å². The highest BCUT2D eigenvalue weighted by Crippen LogP contribution is 2.25. The van der Waals surface area contributed by atoms with Gasteiger partial charge in [-0.25, -0.2) is 4.68 Å². The van der Waals surface area contributed by atoms with Crippen molar-refractivity contribution < 1.29 is 19.2 Å². The molecule has 7 heteroatoms. The first-order valence-corrected chi connectivity index (χ1v) is 6.79. The second kappa shape index (κ2) is 5.33. The Morgan fingerprint density at radius 3 is 2.52 bits per heavy atom. The van der Waals surface area contributed by atoms with Gasteiger partial charge in [0.05, 0.1) is 16.9 Å². The predicted molar refractivity (Wildman–Crippen MR) is 79.6 cm³/mol. The fourth-order valence-corrected chi connectivity index (χ4v) is 1.63. The minimum absolute atomic E-state index is 0.260. The molecule has 2 aromatic rings. The molecule has 0 spiro atoms. The Morgan fingerprint density at radius 1 is 1.33 bits per heavy atom. The van der Waals surface area contributed by atoms with E-state index in [4.69, 9.17) is 9.07 Å². The molecule has 2 aromatic heterocycles. The lowest BCUT2D eigenvalue weighted by atomic mass is 9.81. The predicted octanol–water partition coefficient (Wildman–Crippen LogP) is 1.03. The lowest BCUT2D eigenvalue weighted by Gasteiger charge is -2.38. The lowest BCUT2D eigenvalue weighted by Crippen LogP contribution is -2.52. The van der Waals surface area contributed by atoms with Gasteiger partial charge in [0.2, 0.25) is 0 Å². The molecule has 2 N–H and O–H groups in total. The summed E-state index contributed by atoms with van der Waals surface area (Å²) in [6, 6.07) is 3.52. The molecule has 0 saturated carbocycles. The highest BCUT2D eigenvalue weighted by Gasteiger charge is 2.40. The van der Waals surface area contributed by atoms with Crippen molar-refractivity contribution in [2.24, 2.45) is 0 Å². The Morgan fingerprint density at radius 2 is 2.00 bits per heavy atom. The van der Waals surface area contributed by atoms with Gasteiger partial charge in [0, 0.05) is 12.3 Å². The van der Waals surface area contributed by atoms with E-state index in [2.05, 4.69) is 5.10 Å². The first-order valence-electron chi connectivity index (χ1n) is 6.79. The summed E-state index contributed by atoms with van der Waals surface area (Å²) in [6.45, 7) is 8.55. The fourth-order valence-electron chi connectivity index (χ4n) is 1.63. The van der Waals surface area contributed by atoms with Crippen LogP contribution < -0.4 is 5.66 Å². The van der Waals surface area contributed by atoms with Gasteiger partial charge in [-0.05, 0) is 40.7 Å². The van der Waals surface area contributed by atoms with Crippen molar-refractivity contribution in [2.75, 3.05) is 0 Å². The summed E-state index contributed by atoms with van der Waals surface area (Å²) < 4.78 is 12.5. The van der Waals surface area contributed by atoms with Gasteiger partial charge >= 0.3 is 7.12 Å². The van der Waals surface area contributed by atoms with Gasteiger partial charge in [0.25, 0.3) is 0 Å². The van der Waals surface area contributed by atoms with Crippen molar-refractivity contribution in [3.05, 3.63) is 30.3 Å². The Kier molecular flexibility index (Phi) is 4.01. The number of hydrogen-bond acceptors (Lipinski definition) is 5. The van der Waals surface area contributed by atoms with E-state index >= 15 is 0 Å². The number of nitrogens with zero attached hydrogens (tertiary/aromatic N) is 2. The normalized spacial score (nSPS) is 12.7. The molecule has 0 bridgehead atoms. The van der Waals surface area contributed by atoms with E-state index in [0.29, 0.717) is 5.69 Å². The van der Waals surface area contributed by atoms with E-state index in [-0.39, 0.29) is 5.66 Å². The van der Waals surface area contributed by atoms with E-state index in [1.54, 1.807) is 44.6 Å². The lowest BCUT2D eigenvalue weighted by molar-refractivity contribution is -0.0986. The van der Waals surface area contributed by atoms with Gasteiger partial charge in [-0.1, -0.05) is 0 Å². The van der Waals surface area contributed by atoms with E-state index in [1.165, 1.54) is 6.26 Å². The standard InChI is InChI=1S/C14H21BN2O4/c1-10-6-7-17(16-10)11-8-12(20-9-11)15(19)21-14(4,5)13(2,3)18/h6-9,18-19H,1-5H3. The van der Waals surface area contributed by atoms with Crippen LogP contribution in [0.15, 0.2) is 29.0 Å². The van der Waals surface area contributed by atoms with Gasteiger partial charge in [-0.2, -0.15) is 5.10 Å². The van der Waals surface area contributed by atoms with Gasteiger partial charge < -0.3 is 19.2 Å². The Hall–Kier alpha value is -1.57. The first-order chi connectivity index (χ1) is 9.60. The number of aromatic nitrogens is 2. The van der Waals surface area contributed by atoms with Crippen LogP contribution in [0.3, 0.4) is 0 Å². The molecule has 0 aliphatic carbocycles. The van der Waals surface area contributed by atoms with Crippen LogP contribution in [0.25, 0.3) is 5.69 Å². The zero-order valence-corrected chi connectivity index (χ0v) is 13.0. The molecule has 0 fully saturated rings. The third-order valence-electron chi connectivity index (χ3n) is 3.72. The van der Waals surface area contributed by atoms with Crippen LogP contribution >= 0.6 is 0 Å². The van der Waals surface area contributed by atoms with E-state index < -0.39 is 18.3 Å². The molecule has 0 aromatic carbocycles. The zero-order valence-electron chi connectivity index (χ0n) is 13.0. The minimum atomic E-state index is -1.27. The molecular weight excluding hydrogens is 271 g/mol. The average molecular weight is 292 g/mol. The fraction of sp³-hybridized carbons (Fsp3) is 0.500. The Balaban J connectivity index is 2.14. The van der Waals surface area contributed by atoms with Crippen molar-refractivity contribution in [1.29, 1.82) is 0 Å². The molecule has 0 radical (unpaired) electrons. The summed E-state index contributed by atoms with van der Waals surface area (Å²) in [5, 5.41) is 24.4. The van der Waals surface area contributed by atoms with Crippen LogP contribution in [0.4, 0.5) is 0 Å². The molecule has 0 unspecified atom stereocenters. The monoisotopic (exact) mass is 292 g/mol. The second-order valence-corrected chi connectivity index (χ2v) is 6.15. The molecular formula is C14H21BN2O4. The minimum Gasteiger partial charge on any atom is -0.471 e. The molecule has 2 rings (SSSR count). The summed E-state index contributed by atoms with van der Waals surface area (Å²) in [4.78, 5) is 0. The van der Waals surface area contributed by atoms with Crippen LogP contribution in [-0.4, -0.2) is 38.2 Å². The number of aryl methyl sites for hydroxylation is 1. The van der Waals surface area contributed by atoms with Crippen molar-refractivity contribution in [1.82, 2.24) is 9.78 Å². The molecule has 6 nitrogen and oxygen atoms in total. The molecule has 0 aliphatic rings. The third-order valence-corrected chi connectivity index (χ3v) is 3.72. The molecule has 2 heterocycles. The smallest absolute Gasteiger partial charge is 0.471 e. The van der Waals surface area contributed by atoms with Gasteiger partial charge in [0.1, 0.15) is 17.6 Å². The number of rotatable bonds is 5. The number of furan rings is 1. The second-order valence-electron chi connectivity index (χ2n) is 6.15. The van der Waals surface area contributed by atoms with Crippen LogP contribution in [0, 0.1) is 6.92 Å². The van der Waals surface area contributed by atoms with Crippen molar-refractivity contribution in [3.63, 3.8) is 0 Å². The topological polar surface area (TPSA) is 80.7 Å². The maximum absolute atomic E-state index is 10.1. The number of hydrogen-bond donors (Lipinski definition) is 2. The van der Waals surface area contributed by atoms with Crippen LogP contribution in [0.5, 0.6) is 0 Å². The Bertz CT molecular complexity index is 613. The Labute approximate surface area is 124 Å². The summed E-state index contributed by atoms with van der Waals surface area (Å²) >= 11 is 0. The summed E-state index contributed by atoms with van der Waals surface area (Å²) in [7, 11) is -1.27. The molecule has 0 amide bonds. The largest absolute Gasteiger partial charge is 0.529 e. The highest BCUT2D eigenvalue weighted by molar-refractivity contribution is 6.58. The first kappa shape index (κ1) is 15.8. The zero-order chi connectivity index (χ0) is 15.8. The molecule has 114 valence electrons. The maximum Gasteiger partial charge on any atom is 0.529 e. The molecule has 0 aliphatic heterocycles. The van der Waals surface area contributed by atoms with E-state index in [0.717, 1.165) is 5.69 Å². The summed E-state index contributed by atoms with van der Waals surface area (Å²) in [6.07, 6.45) is 3.30. The maximum atomic E-state index is 10.1.